The van der Waals surface area contributed by atoms with E-state index in [1.54, 1.807) is 0 Å². The van der Waals surface area contributed by atoms with Crippen molar-refractivity contribution in [3.05, 3.63) is 23.3 Å². The molecule has 6 heteroatoms. The number of carbonyl (C=O) groups is 2. The lowest BCUT2D eigenvalue weighted by atomic mass is 9.54. The highest BCUT2D eigenvalue weighted by molar-refractivity contribution is 6.12. The number of ketones is 1. The Morgan fingerprint density at radius 1 is 1.23 bits per heavy atom. The van der Waals surface area contributed by atoms with Crippen LogP contribution < -0.4 is 5.32 Å². The number of allylic oxidation sites excluding steroid dienone is 4. The Morgan fingerprint density at radius 3 is 2.60 bits per heavy atom. The van der Waals surface area contributed by atoms with E-state index < -0.39 is 29.8 Å². The molecule has 4 rings (SSSR count). The van der Waals surface area contributed by atoms with Crippen LogP contribution in [0.15, 0.2) is 23.3 Å². The van der Waals surface area contributed by atoms with Crippen LogP contribution in [0.3, 0.4) is 0 Å². The second-order valence-electron chi connectivity index (χ2n) is 10.3. The Morgan fingerprint density at radius 2 is 1.93 bits per heavy atom. The van der Waals surface area contributed by atoms with E-state index in [0.29, 0.717) is 18.8 Å². The summed E-state index contributed by atoms with van der Waals surface area (Å²) in [5.41, 5.74) is 0.993. The normalized spacial score (nSPS) is 47.9. The van der Waals surface area contributed by atoms with Gasteiger partial charge in [0.15, 0.2) is 5.78 Å². The summed E-state index contributed by atoms with van der Waals surface area (Å²) in [6.45, 7) is 10.4. The van der Waals surface area contributed by atoms with Gasteiger partial charge in [0.25, 0.3) is 0 Å². The molecule has 2 heterocycles. The molecule has 3 N–H and O–H groups in total. The van der Waals surface area contributed by atoms with Gasteiger partial charge in [0.1, 0.15) is 23.7 Å². The summed E-state index contributed by atoms with van der Waals surface area (Å²) < 4.78 is 5.61. The first kappa shape index (κ1) is 21.7. The number of aliphatic hydroxyl groups is 2. The van der Waals surface area contributed by atoms with Gasteiger partial charge in [-0.3, -0.25) is 9.59 Å². The molecule has 4 aliphatic rings. The Balaban J connectivity index is 1.87. The van der Waals surface area contributed by atoms with Gasteiger partial charge in [-0.25, -0.2) is 0 Å². The van der Waals surface area contributed by atoms with Crippen molar-refractivity contribution in [3.63, 3.8) is 0 Å². The molecule has 0 aromatic heterocycles. The van der Waals surface area contributed by atoms with Crippen molar-refractivity contribution in [1.82, 2.24) is 5.32 Å². The van der Waals surface area contributed by atoms with E-state index >= 15 is 0 Å². The zero-order chi connectivity index (χ0) is 22.0. The first-order chi connectivity index (χ1) is 14.1. The summed E-state index contributed by atoms with van der Waals surface area (Å²) in [7, 11) is 0. The fourth-order valence-electron chi connectivity index (χ4n) is 6.13. The van der Waals surface area contributed by atoms with Crippen molar-refractivity contribution in [2.24, 2.45) is 29.1 Å². The van der Waals surface area contributed by atoms with Gasteiger partial charge < -0.3 is 20.3 Å². The lowest BCUT2D eigenvalue weighted by Gasteiger charge is -2.44. The van der Waals surface area contributed by atoms with Gasteiger partial charge in [-0.1, -0.05) is 44.1 Å². The van der Waals surface area contributed by atoms with Gasteiger partial charge in [0.2, 0.25) is 5.91 Å². The number of epoxide rings is 1. The minimum Gasteiger partial charge on any atom is -0.390 e. The largest absolute Gasteiger partial charge is 0.390 e. The van der Waals surface area contributed by atoms with Gasteiger partial charge in [-0.2, -0.15) is 0 Å². The monoisotopic (exact) mass is 417 g/mol. The highest BCUT2D eigenvalue weighted by Crippen LogP contribution is 2.57. The molecule has 1 spiro atoms. The molecule has 0 saturated carbocycles. The van der Waals surface area contributed by atoms with E-state index in [1.165, 1.54) is 5.57 Å². The lowest BCUT2D eigenvalue weighted by Crippen LogP contribution is -2.54. The molecule has 0 aromatic carbocycles. The van der Waals surface area contributed by atoms with E-state index in [9.17, 15) is 19.8 Å². The number of rotatable bonds is 2. The number of aliphatic hydroxyl groups excluding tert-OH is 2. The SMILES string of the molecule is CC1=C[C@@H]2/C=C(/C)CC[C@@H](O)[C@@H](O)[C@H]3O[C@H]3C(=O)[C@]23C(=O)N[C@@H](CC(C)C)[C@@H]3[C@@H]1C. The average molecular weight is 418 g/mol. The molecule has 6 nitrogen and oxygen atoms in total. The maximum atomic E-state index is 14.0. The van der Waals surface area contributed by atoms with E-state index in [2.05, 4.69) is 39.1 Å². The van der Waals surface area contributed by atoms with Gasteiger partial charge in [-0.15, -0.1) is 0 Å². The van der Waals surface area contributed by atoms with Crippen LogP contribution in [0.25, 0.3) is 0 Å². The van der Waals surface area contributed by atoms with Crippen LogP contribution in [0.2, 0.25) is 0 Å². The maximum absolute atomic E-state index is 14.0. The first-order valence-corrected chi connectivity index (χ1v) is 11.3. The Hall–Kier alpha value is -1.50. The molecular formula is C24H35NO5. The number of carbonyl (C=O) groups excluding carboxylic acids is 2. The molecule has 166 valence electrons. The van der Waals surface area contributed by atoms with Gasteiger partial charge in [-0.05, 0) is 44.9 Å². The second kappa shape index (κ2) is 7.57. The quantitative estimate of drug-likeness (QED) is 0.363. The summed E-state index contributed by atoms with van der Waals surface area (Å²) >= 11 is 0. The molecule has 1 amide bonds. The third-order valence-corrected chi connectivity index (χ3v) is 7.82. The van der Waals surface area contributed by atoms with Crippen molar-refractivity contribution in [3.8, 4) is 0 Å². The summed E-state index contributed by atoms with van der Waals surface area (Å²) in [4.78, 5) is 27.6. The average Bonchev–Trinajstić information content (AvgIpc) is 3.41. The number of amides is 1. The molecule has 2 aliphatic heterocycles. The highest BCUT2D eigenvalue weighted by atomic mass is 16.6. The summed E-state index contributed by atoms with van der Waals surface area (Å²) in [5, 5.41) is 24.0. The molecule has 0 unspecified atom stereocenters. The van der Waals surface area contributed by atoms with Gasteiger partial charge in [0.05, 0.1) is 6.10 Å². The standard InChI is InChI=1S/C24H35NO5/c1-11(2)8-16-18-14(5)13(4)10-15-9-12(3)6-7-17(26)19(27)20-21(30-20)22(28)24(15,18)23(29)25-16/h9-11,14-21,26-27H,6-8H2,1-5H3,(H,25,29)/b12-9-/t14-,15+,16+,17-,18+,19-,20-,21-,24+/m1/s1. The summed E-state index contributed by atoms with van der Waals surface area (Å²) in [6.07, 6.45) is 2.29. The van der Waals surface area contributed by atoms with Crippen LogP contribution in [0, 0.1) is 29.1 Å². The zero-order valence-corrected chi connectivity index (χ0v) is 18.6. The number of hydrogen-bond acceptors (Lipinski definition) is 5. The van der Waals surface area contributed by atoms with Crippen molar-refractivity contribution in [2.75, 3.05) is 0 Å². The van der Waals surface area contributed by atoms with E-state index in [1.807, 2.05) is 13.0 Å². The van der Waals surface area contributed by atoms with Gasteiger partial charge in [0, 0.05) is 17.9 Å². The number of hydrogen-bond donors (Lipinski definition) is 3. The number of nitrogens with one attached hydrogen (secondary N) is 1. The molecule has 9 atom stereocenters. The number of ether oxygens (including phenoxy) is 1. The molecule has 2 saturated heterocycles. The van der Waals surface area contributed by atoms with Crippen molar-refractivity contribution < 1.29 is 24.5 Å². The summed E-state index contributed by atoms with van der Waals surface area (Å²) in [6, 6.07) is -0.0749. The van der Waals surface area contributed by atoms with Crippen LogP contribution in [0.1, 0.15) is 53.9 Å². The van der Waals surface area contributed by atoms with Crippen molar-refractivity contribution >= 4 is 11.7 Å². The number of fused-ring (bicyclic) bond motifs is 1. The van der Waals surface area contributed by atoms with Crippen molar-refractivity contribution in [2.45, 2.75) is 84.3 Å². The number of Topliss-reactive ketones (excluding diaryl/α,β-unsaturated/α-hetero) is 1. The molecule has 0 radical (unpaired) electrons. The maximum Gasteiger partial charge on any atom is 0.235 e. The van der Waals surface area contributed by atoms with Crippen LogP contribution >= 0.6 is 0 Å². The smallest absolute Gasteiger partial charge is 0.235 e. The molecule has 2 fully saturated rings. The predicted molar refractivity (Wildman–Crippen MR) is 112 cm³/mol. The van der Waals surface area contributed by atoms with E-state index in [0.717, 1.165) is 12.0 Å². The first-order valence-electron chi connectivity index (χ1n) is 11.3. The molecule has 2 aliphatic carbocycles. The second-order valence-corrected chi connectivity index (χ2v) is 10.3. The molecule has 30 heavy (non-hydrogen) atoms. The Kier molecular flexibility index (Phi) is 5.48. The summed E-state index contributed by atoms with van der Waals surface area (Å²) in [5.74, 6) is -0.485. The molecular weight excluding hydrogens is 382 g/mol. The predicted octanol–water partition coefficient (Wildman–Crippen LogP) is 2.14. The minimum atomic E-state index is -1.23. The minimum absolute atomic E-state index is 0.0749. The molecule has 0 bridgehead atoms. The topological polar surface area (TPSA) is 99.2 Å². The molecule has 0 aromatic rings. The lowest BCUT2D eigenvalue weighted by molar-refractivity contribution is -0.146. The van der Waals surface area contributed by atoms with Crippen LogP contribution in [-0.4, -0.2) is 52.4 Å². The fourth-order valence-corrected chi connectivity index (χ4v) is 6.13. The van der Waals surface area contributed by atoms with Crippen molar-refractivity contribution in [1.29, 1.82) is 0 Å². The van der Waals surface area contributed by atoms with Gasteiger partial charge >= 0.3 is 0 Å². The van der Waals surface area contributed by atoms with Crippen LogP contribution in [0.5, 0.6) is 0 Å². The third-order valence-electron chi connectivity index (χ3n) is 7.82. The van der Waals surface area contributed by atoms with Crippen LogP contribution in [-0.2, 0) is 14.3 Å². The fraction of sp³-hybridized carbons (Fsp3) is 0.750. The van der Waals surface area contributed by atoms with E-state index in [4.69, 9.17) is 4.74 Å². The third kappa shape index (κ3) is 3.19. The Bertz CT molecular complexity index is 801. The Labute approximate surface area is 178 Å². The highest BCUT2D eigenvalue weighted by Gasteiger charge is 2.70. The zero-order valence-electron chi connectivity index (χ0n) is 18.6. The van der Waals surface area contributed by atoms with E-state index in [-0.39, 0.29) is 35.5 Å². The van der Waals surface area contributed by atoms with Crippen LogP contribution in [0.4, 0.5) is 0 Å².